The van der Waals surface area contributed by atoms with Crippen LogP contribution in [0.4, 0.5) is 4.79 Å². The van der Waals surface area contributed by atoms with Crippen LogP contribution < -0.4 is 16.0 Å². The number of amides is 3. The van der Waals surface area contributed by atoms with E-state index >= 15 is 0 Å². The lowest BCUT2D eigenvalue weighted by Gasteiger charge is -2.36. The van der Waals surface area contributed by atoms with E-state index < -0.39 is 6.10 Å². The van der Waals surface area contributed by atoms with Crippen molar-refractivity contribution in [3.05, 3.63) is 0 Å². The van der Waals surface area contributed by atoms with Crippen LogP contribution in [0.1, 0.15) is 52.4 Å². The molecule has 0 bridgehead atoms. The maximum absolute atomic E-state index is 11.8. The zero-order chi connectivity index (χ0) is 17.5. The van der Waals surface area contributed by atoms with Gasteiger partial charge in [0.2, 0.25) is 5.91 Å². The molecule has 0 spiro atoms. The van der Waals surface area contributed by atoms with Crippen LogP contribution in [0.5, 0.6) is 0 Å². The molecule has 7 nitrogen and oxygen atoms in total. The molecule has 1 saturated carbocycles. The number of hydrogen-bond donors (Lipinski definition) is 4. The monoisotopic (exact) mass is 341 g/mol. The first-order valence-electron chi connectivity index (χ1n) is 9.10. The van der Waals surface area contributed by atoms with E-state index in [1.54, 1.807) is 0 Å². The largest absolute Gasteiger partial charge is 0.394 e. The number of ether oxygens (including phenoxy) is 1. The Balaban J connectivity index is 1.69. The molecule has 1 aliphatic heterocycles. The molecule has 0 aromatic heterocycles. The van der Waals surface area contributed by atoms with Gasteiger partial charge in [-0.2, -0.15) is 0 Å². The van der Waals surface area contributed by atoms with E-state index in [1.165, 1.54) is 0 Å². The Hall–Kier alpha value is -1.34. The van der Waals surface area contributed by atoms with E-state index in [0.717, 1.165) is 38.5 Å². The van der Waals surface area contributed by atoms with Crippen molar-refractivity contribution in [3.8, 4) is 0 Å². The number of aliphatic hydroxyl groups is 1. The minimum absolute atomic E-state index is 0.00931. The molecule has 0 unspecified atom stereocenters. The lowest BCUT2D eigenvalue weighted by Crippen LogP contribution is -2.54. The number of rotatable bonds is 7. The molecule has 2 rings (SSSR count). The summed E-state index contributed by atoms with van der Waals surface area (Å²) < 4.78 is 5.89. The molecule has 3 amide bonds. The van der Waals surface area contributed by atoms with Gasteiger partial charge in [0, 0.05) is 18.5 Å². The molecule has 7 heteroatoms. The normalized spacial score (nSPS) is 27.4. The van der Waals surface area contributed by atoms with E-state index in [9.17, 15) is 14.7 Å². The molecule has 1 heterocycles. The van der Waals surface area contributed by atoms with Crippen molar-refractivity contribution in [2.24, 2.45) is 5.92 Å². The van der Waals surface area contributed by atoms with Crippen LogP contribution in [-0.2, 0) is 9.53 Å². The van der Waals surface area contributed by atoms with Crippen molar-refractivity contribution in [1.29, 1.82) is 0 Å². The Morgan fingerprint density at radius 3 is 2.54 bits per heavy atom. The van der Waals surface area contributed by atoms with E-state index in [4.69, 9.17) is 4.74 Å². The maximum atomic E-state index is 11.8. The highest BCUT2D eigenvalue weighted by Crippen LogP contribution is 2.26. The third-order valence-electron chi connectivity index (χ3n) is 4.77. The molecule has 138 valence electrons. The van der Waals surface area contributed by atoms with Crippen LogP contribution in [0.3, 0.4) is 0 Å². The molecule has 2 fully saturated rings. The highest BCUT2D eigenvalue weighted by Gasteiger charge is 2.32. The Bertz CT molecular complexity index is 426. The molecular formula is C17H31N3O4. The van der Waals surface area contributed by atoms with Crippen LogP contribution in [0.2, 0.25) is 0 Å². The van der Waals surface area contributed by atoms with Crippen molar-refractivity contribution >= 4 is 11.9 Å². The van der Waals surface area contributed by atoms with Gasteiger partial charge < -0.3 is 25.8 Å². The number of carbonyl (C=O) groups excluding carboxylic acids is 2. The van der Waals surface area contributed by atoms with E-state index in [-0.39, 0.29) is 42.7 Å². The number of aliphatic hydroxyl groups excluding tert-OH is 1. The van der Waals surface area contributed by atoms with Crippen LogP contribution in [0.25, 0.3) is 0 Å². The zero-order valence-corrected chi connectivity index (χ0v) is 14.7. The van der Waals surface area contributed by atoms with Gasteiger partial charge in [-0.3, -0.25) is 4.79 Å². The minimum Gasteiger partial charge on any atom is -0.394 e. The zero-order valence-electron chi connectivity index (χ0n) is 14.7. The second kappa shape index (κ2) is 9.22. The summed E-state index contributed by atoms with van der Waals surface area (Å²) >= 11 is 0. The van der Waals surface area contributed by atoms with Crippen LogP contribution in [0.15, 0.2) is 0 Å². The van der Waals surface area contributed by atoms with Gasteiger partial charge in [0.05, 0.1) is 18.8 Å². The quantitative estimate of drug-likeness (QED) is 0.553. The van der Waals surface area contributed by atoms with E-state index in [0.29, 0.717) is 6.54 Å². The van der Waals surface area contributed by atoms with E-state index in [2.05, 4.69) is 16.0 Å². The lowest BCUT2D eigenvalue weighted by molar-refractivity contribution is -0.127. The first kappa shape index (κ1) is 19.0. The molecule has 0 aromatic carbocycles. The Kier molecular flexibility index (Phi) is 7.30. The minimum atomic E-state index is -0.399. The predicted molar refractivity (Wildman–Crippen MR) is 90.5 cm³/mol. The topological polar surface area (TPSA) is 99.7 Å². The summed E-state index contributed by atoms with van der Waals surface area (Å²) in [6.07, 6.45) is 5.08. The average Bonchev–Trinajstić information content (AvgIpc) is 2.45. The van der Waals surface area contributed by atoms with Crippen molar-refractivity contribution in [3.63, 3.8) is 0 Å². The second-order valence-electron chi connectivity index (χ2n) is 7.14. The summed E-state index contributed by atoms with van der Waals surface area (Å²) in [6.45, 7) is 4.27. The van der Waals surface area contributed by atoms with Gasteiger partial charge in [-0.05, 0) is 46.0 Å². The fourth-order valence-corrected chi connectivity index (χ4v) is 3.15. The first-order valence-corrected chi connectivity index (χ1v) is 9.10. The van der Waals surface area contributed by atoms with Gasteiger partial charge >= 0.3 is 6.03 Å². The molecule has 1 aliphatic carbocycles. The van der Waals surface area contributed by atoms with Crippen molar-refractivity contribution < 1.29 is 19.4 Å². The average molecular weight is 341 g/mol. The summed E-state index contributed by atoms with van der Waals surface area (Å²) in [7, 11) is 0. The standard InChI is InChI=1S/C17H31N3O4/c1-11(2)19-17(23)20-14-7-6-13(24-15(14)10-21)8-9-18-16(22)12-4-3-5-12/h11-15,21H,3-10H2,1-2H3,(H,18,22)(H2,19,20,23)/t13-,14-,15-/m0/s1. The fourth-order valence-electron chi connectivity index (χ4n) is 3.15. The Labute approximate surface area is 143 Å². The summed E-state index contributed by atoms with van der Waals surface area (Å²) in [5.41, 5.74) is 0. The SMILES string of the molecule is CC(C)NC(=O)N[C@H]1CC[C@@H](CCNC(=O)C2CCC2)O[C@H]1CO. The predicted octanol–water partition coefficient (Wildman–Crippen LogP) is 0.909. The van der Waals surface area contributed by atoms with Gasteiger partial charge in [-0.15, -0.1) is 0 Å². The van der Waals surface area contributed by atoms with Crippen LogP contribution in [-0.4, -0.2) is 54.5 Å². The number of carbonyl (C=O) groups is 2. The van der Waals surface area contributed by atoms with Gasteiger partial charge in [0.15, 0.2) is 0 Å². The molecule has 4 N–H and O–H groups in total. The summed E-state index contributed by atoms with van der Waals surface area (Å²) in [4.78, 5) is 23.6. The van der Waals surface area contributed by atoms with Gasteiger partial charge in [-0.1, -0.05) is 6.42 Å². The third-order valence-corrected chi connectivity index (χ3v) is 4.77. The van der Waals surface area contributed by atoms with Crippen molar-refractivity contribution in [1.82, 2.24) is 16.0 Å². The molecule has 3 atom stereocenters. The molecular weight excluding hydrogens is 310 g/mol. The Morgan fingerprint density at radius 2 is 1.96 bits per heavy atom. The van der Waals surface area contributed by atoms with Crippen molar-refractivity contribution in [2.75, 3.05) is 13.2 Å². The number of urea groups is 1. The molecule has 2 aliphatic rings. The lowest BCUT2D eigenvalue weighted by atomic mass is 9.85. The van der Waals surface area contributed by atoms with Gasteiger partial charge in [0.1, 0.15) is 6.10 Å². The molecule has 0 aromatic rings. The fraction of sp³-hybridized carbons (Fsp3) is 0.882. The summed E-state index contributed by atoms with van der Waals surface area (Å²) in [5.74, 6) is 0.358. The smallest absolute Gasteiger partial charge is 0.315 e. The van der Waals surface area contributed by atoms with Gasteiger partial charge in [0.25, 0.3) is 0 Å². The number of hydrogen-bond acceptors (Lipinski definition) is 4. The molecule has 1 saturated heterocycles. The number of nitrogens with one attached hydrogen (secondary N) is 3. The highest BCUT2D eigenvalue weighted by atomic mass is 16.5. The molecule has 0 radical (unpaired) electrons. The second-order valence-corrected chi connectivity index (χ2v) is 7.14. The highest BCUT2D eigenvalue weighted by molar-refractivity contribution is 5.79. The van der Waals surface area contributed by atoms with Gasteiger partial charge in [-0.25, -0.2) is 4.79 Å². The Morgan fingerprint density at radius 1 is 1.21 bits per heavy atom. The maximum Gasteiger partial charge on any atom is 0.315 e. The van der Waals surface area contributed by atoms with Crippen LogP contribution in [0, 0.1) is 5.92 Å². The molecule has 24 heavy (non-hydrogen) atoms. The first-order chi connectivity index (χ1) is 11.5. The summed E-state index contributed by atoms with van der Waals surface area (Å²) in [5, 5.41) is 18.2. The van der Waals surface area contributed by atoms with Crippen LogP contribution >= 0.6 is 0 Å². The third kappa shape index (κ3) is 5.63. The van der Waals surface area contributed by atoms with E-state index in [1.807, 2.05) is 13.8 Å². The summed E-state index contributed by atoms with van der Waals surface area (Å²) in [6, 6.07) is -0.355. The van der Waals surface area contributed by atoms with Crippen molar-refractivity contribution in [2.45, 2.75) is 76.7 Å².